The smallest absolute Gasteiger partial charge is 0.288 e. The van der Waals surface area contributed by atoms with Gasteiger partial charge in [0.05, 0.1) is 10.5 Å². The minimum Gasteiger partial charge on any atom is -0.350 e. The number of nitrogens with zero attached hydrogens (tertiary/aromatic N) is 2. The molecule has 0 radical (unpaired) electrons. The van der Waals surface area contributed by atoms with Crippen molar-refractivity contribution in [3.8, 4) is 0 Å². The number of halogens is 1. The number of carbonyl (C=O) groups excluding carboxylic acids is 1. The maximum absolute atomic E-state index is 11.9. The molecule has 1 fully saturated rings. The Morgan fingerprint density at radius 2 is 2.32 bits per heavy atom. The van der Waals surface area contributed by atoms with Crippen molar-refractivity contribution in [2.75, 3.05) is 6.54 Å². The molecule has 1 aromatic rings. The minimum absolute atomic E-state index is 0.0150. The van der Waals surface area contributed by atoms with Gasteiger partial charge in [-0.1, -0.05) is 11.6 Å². The average Bonchev–Trinajstić information content (AvgIpc) is 2.34. The van der Waals surface area contributed by atoms with E-state index in [0.29, 0.717) is 6.54 Å². The highest BCUT2D eigenvalue weighted by atomic mass is 35.5. The molecule has 0 aromatic carbocycles. The van der Waals surface area contributed by atoms with Crippen molar-refractivity contribution in [1.82, 2.24) is 10.3 Å². The number of pyridine rings is 1. The number of nitrogens with two attached hydrogens (primary N) is 1. The molecule has 0 spiro atoms. The molecule has 8 heteroatoms. The molecule has 0 saturated heterocycles. The number of hydrogen-bond acceptors (Lipinski definition) is 5. The van der Waals surface area contributed by atoms with Gasteiger partial charge in [-0.25, -0.2) is 4.98 Å². The third-order valence-corrected chi connectivity index (χ3v) is 3.53. The summed E-state index contributed by atoms with van der Waals surface area (Å²) < 4.78 is 0. The predicted molar refractivity (Wildman–Crippen MR) is 69.0 cm³/mol. The lowest BCUT2D eigenvalue weighted by Crippen LogP contribution is -2.54. The average molecular weight is 285 g/mol. The summed E-state index contributed by atoms with van der Waals surface area (Å²) in [6, 6.07) is 1.11. The second-order valence-electron chi connectivity index (χ2n) is 4.69. The van der Waals surface area contributed by atoms with Crippen LogP contribution in [0.3, 0.4) is 0 Å². The third kappa shape index (κ3) is 2.99. The largest absolute Gasteiger partial charge is 0.350 e. The number of nitrogens with one attached hydrogen (secondary N) is 1. The van der Waals surface area contributed by atoms with Crippen LogP contribution in [0.15, 0.2) is 12.3 Å². The quantitative estimate of drug-likeness (QED) is 0.491. The van der Waals surface area contributed by atoms with Gasteiger partial charge < -0.3 is 11.1 Å². The highest BCUT2D eigenvalue weighted by Gasteiger charge is 2.33. The van der Waals surface area contributed by atoms with Crippen LogP contribution in [0.1, 0.15) is 29.6 Å². The van der Waals surface area contributed by atoms with Gasteiger partial charge in [-0.2, -0.15) is 0 Å². The topological polar surface area (TPSA) is 111 Å². The summed E-state index contributed by atoms with van der Waals surface area (Å²) in [5.41, 5.74) is 5.32. The van der Waals surface area contributed by atoms with Crippen molar-refractivity contribution < 1.29 is 9.72 Å². The molecule has 3 N–H and O–H groups in total. The van der Waals surface area contributed by atoms with Crippen molar-refractivity contribution in [2.45, 2.75) is 24.8 Å². The maximum atomic E-state index is 11.9. The van der Waals surface area contributed by atoms with E-state index in [-0.39, 0.29) is 21.9 Å². The van der Waals surface area contributed by atoms with E-state index in [4.69, 9.17) is 17.3 Å². The molecule has 19 heavy (non-hydrogen) atoms. The summed E-state index contributed by atoms with van der Waals surface area (Å²) in [7, 11) is 0. The van der Waals surface area contributed by atoms with Gasteiger partial charge in [0.25, 0.3) is 11.6 Å². The lowest BCUT2D eigenvalue weighted by molar-refractivity contribution is -0.385. The molecule has 0 unspecified atom stereocenters. The van der Waals surface area contributed by atoms with Crippen LogP contribution in [-0.2, 0) is 0 Å². The van der Waals surface area contributed by atoms with Gasteiger partial charge in [0, 0.05) is 18.2 Å². The molecule has 0 atom stereocenters. The lowest BCUT2D eigenvalue weighted by Gasteiger charge is -2.38. The molecule has 0 aliphatic heterocycles. The van der Waals surface area contributed by atoms with E-state index < -0.39 is 10.8 Å². The van der Waals surface area contributed by atoms with E-state index in [1.807, 2.05) is 0 Å². The van der Waals surface area contributed by atoms with Crippen molar-refractivity contribution in [3.63, 3.8) is 0 Å². The van der Waals surface area contributed by atoms with Crippen molar-refractivity contribution in [1.29, 1.82) is 0 Å². The van der Waals surface area contributed by atoms with Gasteiger partial charge in [-0.15, -0.1) is 0 Å². The summed E-state index contributed by atoms with van der Waals surface area (Å²) in [5.74, 6) is -0.502. The van der Waals surface area contributed by atoms with E-state index in [2.05, 4.69) is 10.3 Å². The van der Waals surface area contributed by atoms with Crippen molar-refractivity contribution >= 4 is 23.2 Å². The number of amides is 1. The summed E-state index contributed by atoms with van der Waals surface area (Å²) in [6.45, 7) is 0.324. The van der Waals surface area contributed by atoms with Crippen LogP contribution in [0.25, 0.3) is 0 Å². The molecule has 102 valence electrons. The van der Waals surface area contributed by atoms with Gasteiger partial charge in [0.2, 0.25) is 0 Å². The first-order valence-electron chi connectivity index (χ1n) is 5.78. The van der Waals surface area contributed by atoms with E-state index in [0.717, 1.165) is 31.5 Å². The fourth-order valence-corrected chi connectivity index (χ4v) is 2.04. The van der Waals surface area contributed by atoms with Gasteiger partial charge >= 0.3 is 0 Å². The van der Waals surface area contributed by atoms with Crippen LogP contribution < -0.4 is 11.1 Å². The summed E-state index contributed by atoms with van der Waals surface area (Å²) in [5, 5.41) is 13.2. The molecule has 1 heterocycles. The molecule has 1 saturated carbocycles. The normalized spacial score (nSPS) is 16.5. The highest BCUT2D eigenvalue weighted by Crippen LogP contribution is 2.28. The Balaban J connectivity index is 2.09. The zero-order valence-corrected chi connectivity index (χ0v) is 10.8. The van der Waals surface area contributed by atoms with Gasteiger partial charge in [-0.3, -0.25) is 14.9 Å². The first-order valence-corrected chi connectivity index (χ1v) is 6.16. The first kappa shape index (κ1) is 13.7. The van der Waals surface area contributed by atoms with E-state index >= 15 is 0 Å². The zero-order valence-electron chi connectivity index (χ0n) is 10.1. The van der Waals surface area contributed by atoms with E-state index in [1.54, 1.807) is 0 Å². The van der Waals surface area contributed by atoms with Crippen molar-refractivity contribution in [2.24, 2.45) is 5.73 Å². The molecular formula is C11H13ClN4O3. The van der Waals surface area contributed by atoms with Crippen LogP contribution in [0.5, 0.6) is 0 Å². The Labute approximate surface area is 114 Å². The molecule has 1 aliphatic carbocycles. The van der Waals surface area contributed by atoms with E-state index in [1.165, 1.54) is 0 Å². The number of carbonyl (C=O) groups is 1. The number of rotatable bonds is 4. The van der Waals surface area contributed by atoms with Crippen LogP contribution in [0.2, 0.25) is 5.15 Å². The van der Waals surface area contributed by atoms with Crippen LogP contribution in [0.4, 0.5) is 5.69 Å². The highest BCUT2D eigenvalue weighted by molar-refractivity contribution is 6.32. The number of hydrogen-bond donors (Lipinski definition) is 2. The second kappa shape index (κ2) is 5.10. The minimum atomic E-state index is -0.629. The molecule has 2 rings (SSSR count). The monoisotopic (exact) mass is 284 g/mol. The van der Waals surface area contributed by atoms with Gasteiger partial charge in [-0.05, 0) is 19.3 Å². The van der Waals surface area contributed by atoms with E-state index in [9.17, 15) is 14.9 Å². The Morgan fingerprint density at radius 3 is 2.84 bits per heavy atom. The standard InChI is InChI=1S/C11H13ClN4O3/c12-9-8(4-7(5-14-9)16(18)19)10(17)15-6-11(13)2-1-3-11/h4-5H,1-3,6,13H2,(H,15,17). The molecular weight excluding hydrogens is 272 g/mol. The fourth-order valence-electron chi connectivity index (χ4n) is 1.86. The van der Waals surface area contributed by atoms with Crippen LogP contribution in [-0.4, -0.2) is 27.9 Å². The number of aromatic nitrogens is 1. The van der Waals surface area contributed by atoms with Crippen LogP contribution >= 0.6 is 11.6 Å². The Bertz CT molecular complexity index is 531. The second-order valence-corrected chi connectivity index (χ2v) is 5.05. The Morgan fingerprint density at radius 1 is 1.63 bits per heavy atom. The van der Waals surface area contributed by atoms with Crippen LogP contribution in [0, 0.1) is 10.1 Å². The SMILES string of the molecule is NC1(CNC(=O)c2cc([N+](=O)[O-])cnc2Cl)CCC1. The van der Waals surface area contributed by atoms with Crippen molar-refractivity contribution in [3.05, 3.63) is 33.1 Å². The molecule has 1 aromatic heterocycles. The zero-order chi connectivity index (χ0) is 14.0. The molecule has 1 amide bonds. The molecule has 7 nitrogen and oxygen atoms in total. The summed E-state index contributed by atoms with van der Waals surface area (Å²) in [6.07, 6.45) is 3.77. The van der Waals surface area contributed by atoms with Gasteiger partial charge in [0.15, 0.2) is 0 Å². The first-order chi connectivity index (χ1) is 8.91. The maximum Gasteiger partial charge on any atom is 0.288 e. The Kier molecular flexibility index (Phi) is 3.68. The third-order valence-electron chi connectivity index (χ3n) is 3.23. The van der Waals surface area contributed by atoms with Gasteiger partial charge in [0.1, 0.15) is 11.3 Å². The predicted octanol–water partition coefficient (Wildman–Crippen LogP) is 1.25. The molecule has 1 aliphatic rings. The summed E-state index contributed by atoms with van der Waals surface area (Å²) in [4.78, 5) is 25.5. The number of nitro groups is 1. The Hall–Kier alpha value is -1.73. The fraction of sp³-hybridized carbons (Fsp3) is 0.455. The molecule has 0 bridgehead atoms. The summed E-state index contributed by atoms with van der Waals surface area (Å²) >= 11 is 5.77. The lowest BCUT2D eigenvalue weighted by atomic mass is 9.78.